The van der Waals surface area contributed by atoms with Crippen molar-refractivity contribution in [1.29, 1.82) is 0 Å². The summed E-state index contributed by atoms with van der Waals surface area (Å²) < 4.78 is 5.61. The lowest BCUT2D eigenvalue weighted by atomic mass is 10.0. The monoisotopic (exact) mass is 547 g/mol. The van der Waals surface area contributed by atoms with Crippen LogP contribution in [0.2, 0.25) is 0 Å². The highest BCUT2D eigenvalue weighted by atomic mass is 16.5. The zero-order valence-corrected chi connectivity index (χ0v) is 22.7. The van der Waals surface area contributed by atoms with Gasteiger partial charge in [-0.2, -0.15) is 0 Å². The number of carbonyl (C=O) groups excluding carboxylic acids is 1. The molecule has 2 aromatic carbocycles. The number of carboxylic acids is 2. The number of aliphatic carboxylic acids is 2. The normalized spacial score (nSPS) is 11.6. The third-order valence-corrected chi connectivity index (χ3v) is 6.22. The van der Waals surface area contributed by atoms with Crippen molar-refractivity contribution in [2.24, 2.45) is 5.73 Å². The van der Waals surface area contributed by atoms with Crippen LogP contribution >= 0.6 is 0 Å². The van der Waals surface area contributed by atoms with Crippen LogP contribution in [0.3, 0.4) is 0 Å². The van der Waals surface area contributed by atoms with Crippen molar-refractivity contribution in [1.82, 2.24) is 9.80 Å². The lowest BCUT2D eigenvalue weighted by Gasteiger charge is -2.35. The fourth-order valence-electron chi connectivity index (χ4n) is 4.38. The van der Waals surface area contributed by atoms with E-state index in [-0.39, 0.29) is 50.3 Å². The van der Waals surface area contributed by atoms with Gasteiger partial charge in [0.25, 0.3) is 0 Å². The van der Waals surface area contributed by atoms with E-state index in [0.29, 0.717) is 36.4 Å². The van der Waals surface area contributed by atoms with Gasteiger partial charge in [-0.1, -0.05) is 30.7 Å². The van der Waals surface area contributed by atoms with E-state index in [1.165, 1.54) is 6.07 Å². The van der Waals surface area contributed by atoms with E-state index < -0.39 is 11.9 Å². The Morgan fingerprint density at radius 2 is 1.56 bits per heavy atom. The number of benzene rings is 2. The van der Waals surface area contributed by atoms with Crippen molar-refractivity contribution < 1.29 is 39.5 Å². The SMILES string of the molecule is C=O.CCOc1c(O)cccc1CN(CC(=O)O)CC(CCCCN)N(CC(=O)O)Cc1cccc(O)c1C. The van der Waals surface area contributed by atoms with Crippen molar-refractivity contribution in [2.75, 3.05) is 32.8 Å². The van der Waals surface area contributed by atoms with E-state index >= 15 is 0 Å². The van der Waals surface area contributed by atoms with Gasteiger partial charge in [-0.15, -0.1) is 0 Å². The zero-order chi connectivity index (χ0) is 29.4. The van der Waals surface area contributed by atoms with Gasteiger partial charge in [0.15, 0.2) is 11.5 Å². The van der Waals surface area contributed by atoms with Gasteiger partial charge in [-0.3, -0.25) is 19.4 Å². The van der Waals surface area contributed by atoms with Crippen molar-refractivity contribution >= 4 is 18.7 Å². The molecule has 6 N–H and O–H groups in total. The van der Waals surface area contributed by atoms with Crippen LogP contribution in [0, 0.1) is 6.92 Å². The lowest BCUT2D eigenvalue weighted by Crippen LogP contribution is -2.47. The smallest absolute Gasteiger partial charge is 0.317 e. The highest BCUT2D eigenvalue weighted by molar-refractivity contribution is 5.69. The van der Waals surface area contributed by atoms with Gasteiger partial charge < -0.3 is 35.7 Å². The first-order valence-electron chi connectivity index (χ1n) is 12.8. The Bertz CT molecular complexity index is 1050. The Morgan fingerprint density at radius 3 is 2.15 bits per heavy atom. The molecule has 0 aliphatic rings. The molecule has 0 amide bonds. The first-order valence-corrected chi connectivity index (χ1v) is 12.8. The molecule has 0 saturated heterocycles. The number of rotatable bonds is 17. The van der Waals surface area contributed by atoms with Crippen molar-refractivity contribution in [2.45, 2.75) is 52.2 Å². The standard InChI is InChI=1S/C27H39N3O7.CH2O/c1-3-37-27-21(9-7-12-24(27)32)14-29(17-25(33)34)16-22(10-4-5-13-28)30(18-26(35)36)15-20-8-6-11-23(31)19(20)2;1-2/h6-9,11-12,22,31-32H,3-5,10,13-18,28H2,1-2H3,(H,33,34)(H,35,36);1H2. The number of nitrogens with zero attached hydrogens (tertiary/aromatic N) is 2. The molecular formula is C28H41N3O8. The molecule has 1 unspecified atom stereocenters. The van der Waals surface area contributed by atoms with Crippen LogP contribution < -0.4 is 10.5 Å². The molecule has 0 heterocycles. The molecule has 0 aliphatic heterocycles. The molecule has 0 saturated carbocycles. The number of hydrogen-bond acceptors (Lipinski definition) is 9. The minimum atomic E-state index is -1.02. The minimum absolute atomic E-state index is 0.0269. The van der Waals surface area contributed by atoms with E-state index in [0.717, 1.165) is 18.4 Å². The minimum Gasteiger partial charge on any atom is -0.508 e. The summed E-state index contributed by atoms with van der Waals surface area (Å²) in [6.45, 7) is 6.61. The van der Waals surface area contributed by atoms with Crippen LogP contribution in [0.15, 0.2) is 36.4 Å². The Morgan fingerprint density at radius 1 is 0.949 bits per heavy atom. The van der Waals surface area contributed by atoms with Gasteiger partial charge in [0, 0.05) is 31.2 Å². The maximum absolute atomic E-state index is 11.8. The fraction of sp³-hybridized carbons (Fsp3) is 0.464. The number of para-hydroxylation sites is 1. The third kappa shape index (κ3) is 11.3. The number of ether oxygens (including phenoxy) is 1. The molecule has 2 rings (SSSR count). The summed E-state index contributed by atoms with van der Waals surface area (Å²) >= 11 is 0. The predicted octanol–water partition coefficient (Wildman–Crippen LogP) is 2.59. The molecule has 0 aromatic heterocycles. The molecule has 2 aromatic rings. The molecule has 11 heteroatoms. The molecule has 216 valence electrons. The number of hydrogen-bond donors (Lipinski definition) is 5. The lowest BCUT2D eigenvalue weighted by molar-refractivity contribution is -0.141. The number of aromatic hydroxyl groups is 2. The summed E-state index contributed by atoms with van der Waals surface area (Å²) in [6, 6.07) is 9.79. The number of nitrogens with two attached hydrogens (primary N) is 1. The quantitative estimate of drug-likeness (QED) is 0.184. The van der Waals surface area contributed by atoms with Crippen LogP contribution in [-0.4, -0.2) is 87.8 Å². The first kappa shape index (κ1) is 33.4. The summed E-state index contributed by atoms with van der Waals surface area (Å²) in [5.74, 6) is -1.61. The molecule has 0 radical (unpaired) electrons. The molecule has 0 aliphatic carbocycles. The highest BCUT2D eigenvalue weighted by Gasteiger charge is 2.26. The molecule has 11 nitrogen and oxygen atoms in total. The van der Waals surface area contributed by atoms with Crippen LogP contribution in [0.1, 0.15) is 42.9 Å². The molecule has 0 fully saturated rings. The number of phenolic OH excluding ortho intramolecular Hbond substituents is 2. The fourth-order valence-corrected chi connectivity index (χ4v) is 4.38. The summed E-state index contributed by atoms with van der Waals surface area (Å²) in [5.41, 5.74) is 7.80. The van der Waals surface area contributed by atoms with E-state index in [9.17, 15) is 30.0 Å². The maximum atomic E-state index is 11.8. The van der Waals surface area contributed by atoms with E-state index in [4.69, 9.17) is 15.3 Å². The highest BCUT2D eigenvalue weighted by Crippen LogP contribution is 2.31. The second-order valence-corrected chi connectivity index (χ2v) is 9.06. The molecule has 39 heavy (non-hydrogen) atoms. The van der Waals surface area contributed by atoms with Crippen molar-refractivity contribution in [3.8, 4) is 17.2 Å². The van der Waals surface area contributed by atoms with Crippen LogP contribution in [0.25, 0.3) is 0 Å². The van der Waals surface area contributed by atoms with Crippen LogP contribution in [-0.2, 0) is 27.5 Å². The number of carboxylic acid groups (broad SMARTS) is 2. The van der Waals surface area contributed by atoms with Gasteiger partial charge in [0.1, 0.15) is 12.5 Å². The Kier molecular flexibility index (Phi) is 15.2. The van der Waals surface area contributed by atoms with E-state index in [2.05, 4.69) is 0 Å². The Balaban J connectivity index is 0.00000371. The Labute approximate surface area is 229 Å². The second-order valence-electron chi connectivity index (χ2n) is 9.06. The number of carbonyl (C=O) groups is 3. The predicted molar refractivity (Wildman–Crippen MR) is 147 cm³/mol. The number of unbranched alkanes of at least 4 members (excludes halogenated alkanes) is 1. The maximum Gasteiger partial charge on any atom is 0.317 e. The molecule has 1 atom stereocenters. The summed E-state index contributed by atoms with van der Waals surface area (Å²) in [7, 11) is 0. The summed E-state index contributed by atoms with van der Waals surface area (Å²) in [5, 5.41) is 39.7. The van der Waals surface area contributed by atoms with Crippen molar-refractivity contribution in [3.63, 3.8) is 0 Å². The molecule has 0 bridgehead atoms. The average molecular weight is 548 g/mol. The van der Waals surface area contributed by atoms with Gasteiger partial charge in [-0.25, -0.2) is 0 Å². The zero-order valence-electron chi connectivity index (χ0n) is 22.7. The largest absolute Gasteiger partial charge is 0.508 e. The molecule has 0 spiro atoms. The van der Waals surface area contributed by atoms with E-state index in [1.54, 1.807) is 47.9 Å². The van der Waals surface area contributed by atoms with Gasteiger partial charge in [-0.05, 0) is 56.5 Å². The first-order chi connectivity index (χ1) is 18.7. The average Bonchev–Trinajstić information content (AvgIpc) is 2.88. The summed E-state index contributed by atoms with van der Waals surface area (Å²) in [6.07, 6.45) is 2.10. The van der Waals surface area contributed by atoms with Crippen LogP contribution in [0.4, 0.5) is 0 Å². The Hall–Kier alpha value is -3.67. The van der Waals surface area contributed by atoms with E-state index in [1.807, 2.05) is 12.9 Å². The van der Waals surface area contributed by atoms with Crippen molar-refractivity contribution in [3.05, 3.63) is 53.1 Å². The second kappa shape index (κ2) is 17.8. The van der Waals surface area contributed by atoms with Gasteiger partial charge in [0.2, 0.25) is 0 Å². The third-order valence-electron chi connectivity index (χ3n) is 6.22. The molecular weight excluding hydrogens is 506 g/mol. The van der Waals surface area contributed by atoms with Gasteiger partial charge >= 0.3 is 11.9 Å². The van der Waals surface area contributed by atoms with Gasteiger partial charge in [0.05, 0.1) is 19.7 Å². The number of phenols is 2. The summed E-state index contributed by atoms with van der Waals surface area (Å²) in [4.78, 5) is 35.1. The topological polar surface area (TPSA) is 174 Å². The van der Waals surface area contributed by atoms with Crippen LogP contribution in [0.5, 0.6) is 17.2 Å².